The molecule has 0 bridgehead atoms. The summed E-state index contributed by atoms with van der Waals surface area (Å²) < 4.78 is 1.22. The van der Waals surface area contributed by atoms with Gasteiger partial charge >= 0.3 is 0 Å². The Morgan fingerprint density at radius 3 is 3.13 bits per heavy atom. The fourth-order valence-electron chi connectivity index (χ4n) is 1.35. The summed E-state index contributed by atoms with van der Waals surface area (Å²) in [6, 6.07) is 6.15. The van der Waals surface area contributed by atoms with Crippen LogP contribution in [-0.2, 0) is 0 Å². The van der Waals surface area contributed by atoms with Gasteiger partial charge in [-0.3, -0.25) is 4.98 Å². The smallest absolute Gasteiger partial charge is 0.0816 e. The molecule has 2 nitrogen and oxygen atoms in total. The van der Waals surface area contributed by atoms with E-state index in [0.717, 1.165) is 5.52 Å². The Hall–Kier alpha value is -1.61. The fraction of sp³-hybridized carbons (Fsp3) is 0.0833. The third-order valence-corrected chi connectivity index (χ3v) is 3.36. The molecule has 2 heterocycles. The molecule has 0 radical (unpaired) electrons. The number of thiophene rings is 1. The van der Waals surface area contributed by atoms with Gasteiger partial charge in [-0.2, -0.15) is 0 Å². The Kier molecular flexibility index (Phi) is 2.83. The Balaban J connectivity index is 2.44. The second-order valence-corrected chi connectivity index (χ2v) is 4.32. The molecule has 0 saturated carbocycles. The van der Waals surface area contributed by atoms with Crippen molar-refractivity contribution in [1.82, 2.24) is 4.98 Å². The highest BCUT2D eigenvalue weighted by Gasteiger charge is 2.02. The SMILES string of the molecule is C/C(=C\C=C/N)c1cc2ncccc2s1. The molecular formula is C12H12N2S. The van der Waals surface area contributed by atoms with Crippen LogP contribution in [-0.4, -0.2) is 4.98 Å². The number of pyridine rings is 1. The topological polar surface area (TPSA) is 38.9 Å². The first-order valence-corrected chi connectivity index (χ1v) is 5.53. The minimum Gasteiger partial charge on any atom is -0.405 e. The van der Waals surface area contributed by atoms with Gasteiger partial charge in [0.05, 0.1) is 10.2 Å². The molecule has 0 amide bonds. The predicted octanol–water partition coefficient (Wildman–Crippen LogP) is 3.17. The predicted molar refractivity (Wildman–Crippen MR) is 66.6 cm³/mol. The van der Waals surface area contributed by atoms with Gasteiger partial charge in [-0.15, -0.1) is 11.3 Å². The van der Waals surface area contributed by atoms with Crippen LogP contribution in [0.5, 0.6) is 0 Å². The number of nitrogens with two attached hydrogens (primary N) is 1. The summed E-state index contributed by atoms with van der Waals surface area (Å²) >= 11 is 1.75. The zero-order chi connectivity index (χ0) is 10.7. The third kappa shape index (κ3) is 2.07. The molecule has 0 aromatic carbocycles. The number of fused-ring (bicyclic) bond motifs is 1. The van der Waals surface area contributed by atoms with Gasteiger partial charge in [0.1, 0.15) is 0 Å². The first-order chi connectivity index (χ1) is 7.31. The Morgan fingerprint density at radius 2 is 2.40 bits per heavy atom. The van der Waals surface area contributed by atoms with E-state index < -0.39 is 0 Å². The molecule has 2 aromatic rings. The van der Waals surface area contributed by atoms with Gasteiger partial charge in [0.15, 0.2) is 0 Å². The highest BCUT2D eigenvalue weighted by atomic mass is 32.1. The molecule has 15 heavy (non-hydrogen) atoms. The zero-order valence-corrected chi connectivity index (χ0v) is 9.29. The number of aromatic nitrogens is 1. The standard InChI is InChI=1S/C12H12N2S/c1-9(4-2-6-13)12-8-10-11(15-12)5-3-7-14-10/h2-8H,13H2,1H3/b6-2-,9-4+. The first kappa shape index (κ1) is 9.93. The molecule has 0 spiro atoms. The van der Waals surface area contributed by atoms with Crippen LogP contribution in [0, 0.1) is 0 Å². The summed E-state index contributed by atoms with van der Waals surface area (Å²) in [6.07, 6.45) is 7.20. The average Bonchev–Trinajstić information content (AvgIpc) is 2.69. The van der Waals surface area contributed by atoms with Gasteiger partial charge in [0, 0.05) is 11.1 Å². The molecular weight excluding hydrogens is 204 g/mol. The molecule has 2 N–H and O–H groups in total. The summed E-state index contributed by atoms with van der Waals surface area (Å²) in [6.45, 7) is 2.07. The normalized spacial score (nSPS) is 12.7. The van der Waals surface area contributed by atoms with Crippen molar-refractivity contribution in [2.24, 2.45) is 5.73 Å². The minimum absolute atomic E-state index is 1.06. The maximum Gasteiger partial charge on any atom is 0.0816 e. The van der Waals surface area contributed by atoms with Crippen molar-refractivity contribution >= 4 is 27.1 Å². The van der Waals surface area contributed by atoms with Crippen LogP contribution >= 0.6 is 11.3 Å². The van der Waals surface area contributed by atoms with Crippen molar-refractivity contribution in [1.29, 1.82) is 0 Å². The molecule has 76 valence electrons. The number of nitrogens with zero attached hydrogens (tertiary/aromatic N) is 1. The lowest BCUT2D eigenvalue weighted by atomic mass is 10.2. The largest absolute Gasteiger partial charge is 0.405 e. The maximum atomic E-state index is 5.30. The fourth-order valence-corrected chi connectivity index (χ4v) is 2.35. The van der Waals surface area contributed by atoms with Gasteiger partial charge in [-0.25, -0.2) is 0 Å². The molecule has 0 aliphatic heterocycles. The van der Waals surface area contributed by atoms with Crippen LogP contribution in [0.3, 0.4) is 0 Å². The second-order valence-electron chi connectivity index (χ2n) is 3.23. The van der Waals surface area contributed by atoms with E-state index in [2.05, 4.69) is 24.0 Å². The summed E-state index contributed by atoms with van der Waals surface area (Å²) in [7, 11) is 0. The van der Waals surface area contributed by atoms with Crippen molar-refractivity contribution < 1.29 is 0 Å². The summed E-state index contributed by atoms with van der Waals surface area (Å²) in [4.78, 5) is 5.54. The molecule has 0 unspecified atom stereocenters. The maximum absolute atomic E-state index is 5.30. The van der Waals surface area contributed by atoms with E-state index in [4.69, 9.17) is 5.73 Å². The number of hydrogen-bond acceptors (Lipinski definition) is 3. The van der Waals surface area contributed by atoms with Gasteiger partial charge < -0.3 is 5.73 Å². The molecule has 0 aliphatic carbocycles. The van der Waals surface area contributed by atoms with Gasteiger partial charge in [-0.1, -0.05) is 6.08 Å². The van der Waals surface area contributed by atoms with Crippen molar-refractivity contribution in [3.63, 3.8) is 0 Å². The summed E-state index contributed by atoms with van der Waals surface area (Å²) in [5, 5.41) is 0. The summed E-state index contributed by atoms with van der Waals surface area (Å²) in [5.74, 6) is 0. The number of allylic oxidation sites excluding steroid dienone is 3. The van der Waals surface area contributed by atoms with Crippen LogP contribution in [0.4, 0.5) is 0 Å². The van der Waals surface area contributed by atoms with E-state index in [9.17, 15) is 0 Å². The lowest BCUT2D eigenvalue weighted by molar-refractivity contribution is 1.43. The molecule has 0 aliphatic rings. The summed E-state index contributed by atoms with van der Waals surface area (Å²) in [5.41, 5.74) is 7.56. The van der Waals surface area contributed by atoms with Crippen molar-refractivity contribution in [3.8, 4) is 0 Å². The van der Waals surface area contributed by atoms with Crippen LogP contribution in [0.1, 0.15) is 11.8 Å². The monoisotopic (exact) mass is 216 g/mol. The molecule has 0 atom stereocenters. The number of hydrogen-bond donors (Lipinski definition) is 1. The van der Waals surface area contributed by atoms with Crippen molar-refractivity contribution in [2.75, 3.05) is 0 Å². The van der Waals surface area contributed by atoms with Gasteiger partial charge in [-0.05, 0) is 43.0 Å². The second kappa shape index (κ2) is 4.28. The average molecular weight is 216 g/mol. The van der Waals surface area contributed by atoms with E-state index in [0.29, 0.717) is 0 Å². The molecule has 3 heteroatoms. The van der Waals surface area contributed by atoms with Crippen LogP contribution < -0.4 is 5.73 Å². The van der Waals surface area contributed by atoms with E-state index in [1.165, 1.54) is 21.4 Å². The molecule has 0 saturated heterocycles. The Morgan fingerprint density at radius 1 is 1.53 bits per heavy atom. The minimum atomic E-state index is 1.06. The molecule has 2 rings (SSSR count). The number of rotatable bonds is 2. The zero-order valence-electron chi connectivity index (χ0n) is 8.47. The quantitative estimate of drug-likeness (QED) is 0.783. The lowest BCUT2D eigenvalue weighted by Gasteiger charge is -1.91. The Bertz CT molecular complexity index is 490. The van der Waals surface area contributed by atoms with Crippen molar-refractivity contribution in [2.45, 2.75) is 6.92 Å². The van der Waals surface area contributed by atoms with E-state index in [1.54, 1.807) is 11.3 Å². The van der Waals surface area contributed by atoms with Crippen LogP contribution in [0.2, 0.25) is 0 Å². The van der Waals surface area contributed by atoms with Gasteiger partial charge in [0.2, 0.25) is 0 Å². The van der Waals surface area contributed by atoms with Crippen LogP contribution in [0.15, 0.2) is 42.7 Å². The van der Waals surface area contributed by atoms with Gasteiger partial charge in [0.25, 0.3) is 0 Å². The first-order valence-electron chi connectivity index (χ1n) is 4.71. The third-order valence-electron chi connectivity index (χ3n) is 2.13. The van der Waals surface area contributed by atoms with Crippen molar-refractivity contribution in [3.05, 3.63) is 47.6 Å². The highest BCUT2D eigenvalue weighted by Crippen LogP contribution is 2.28. The van der Waals surface area contributed by atoms with E-state index in [1.807, 2.05) is 24.4 Å². The highest BCUT2D eigenvalue weighted by molar-refractivity contribution is 7.20. The van der Waals surface area contributed by atoms with E-state index >= 15 is 0 Å². The molecule has 2 aromatic heterocycles. The Labute approximate surface area is 92.8 Å². The molecule has 0 fully saturated rings. The lowest BCUT2D eigenvalue weighted by Crippen LogP contribution is -1.74. The van der Waals surface area contributed by atoms with E-state index in [-0.39, 0.29) is 0 Å². The van der Waals surface area contributed by atoms with Crippen LogP contribution in [0.25, 0.3) is 15.8 Å².